The highest BCUT2D eigenvalue weighted by Gasteiger charge is 2.10. The quantitative estimate of drug-likeness (QED) is 0.458. The maximum atomic E-state index is 12.3. The zero-order valence-corrected chi connectivity index (χ0v) is 14.2. The predicted molar refractivity (Wildman–Crippen MR) is 98.4 cm³/mol. The van der Waals surface area contributed by atoms with Crippen molar-refractivity contribution in [3.63, 3.8) is 0 Å². The van der Waals surface area contributed by atoms with Crippen LogP contribution in [0.3, 0.4) is 0 Å². The second-order valence-electron chi connectivity index (χ2n) is 6.17. The van der Waals surface area contributed by atoms with Crippen LogP contribution < -0.4 is 4.74 Å². The monoisotopic (exact) mass is 318 g/mol. The molecule has 0 heterocycles. The van der Waals surface area contributed by atoms with Gasteiger partial charge in [0.2, 0.25) is 0 Å². The molecule has 2 heteroatoms. The van der Waals surface area contributed by atoms with Crippen LogP contribution in [0.1, 0.15) is 37.3 Å². The number of benzene rings is 3. The van der Waals surface area contributed by atoms with E-state index in [-0.39, 0.29) is 12.4 Å². The zero-order valence-electron chi connectivity index (χ0n) is 14.2. The third kappa shape index (κ3) is 3.65. The molecule has 0 bridgehead atoms. The number of fused-ring (bicyclic) bond motifs is 1. The van der Waals surface area contributed by atoms with Gasteiger partial charge < -0.3 is 4.74 Å². The molecule has 0 radical (unpaired) electrons. The highest BCUT2D eigenvalue weighted by Crippen LogP contribution is 2.23. The molecule has 0 fully saturated rings. The van der Waals surface area contributed by atoms with Crippen molar-refractivity contribution in [2.45, 2.75) is 32.6 Å². The Kier molecular flexibility index (Phi) is 4.95. The molecule has 1 atom stereocenters. The third-order valence-electron chi connectivity index (χ3n) is 4.51. The first-order valence-corrected chi connectivity index (χ1v) is 8.44. The molecule has 0 N–H and O–H groups in total. The summed E-state index contributed by atoms with van der Waals surface area (Å²) < 4.78 is 5.50. The van der Waals surface area contributed by atoms with Crippen LogP contribution in [-0.2, 0) is 11.2 Å². The number of carbonyl (C=O) groups excluding carboxylic acids is 1. The van der Waals surface area contributed by atoms with E-state index in [1.54, 1.807) is 0 Å². The number of hydrogen-bond acceptors (Lipinski definition) is 2. The maximum absolute atomic E-state index is 12.3. The third-order valence-corrected chi connectivity index (χ3v) is 4.51. The lowest BCUT2D eigenvalue weighted by molar-refractivity contribution is -0.133. The summed E-state index contributed by atoms with van der Waals surface area (Å²) in [5.41, 5.74) is 2.26. The van der Waals surface area contributed by atoms with Crippen molar-refractivity contribution in [2.24, 2.45) is 0 Å². The van der Waals surface area contributed by atoms with Crippen molar-refractivity contribution in [2.75, 3.05) is 0 Å². The van der Waals surface area contributed by atoms with Crippen LogP contribution >= 0.6 is 0 Å². The van der Waals surface area contributed by atoms with Crippen molar-refractivity contribution < 1.29 is 9.53 Å². The predicted octanol–water partition coefficient (Wildman–Crippen LogP) is 5.50. The molecule has 1 unspecified atom stereocenters. The summed E-state index contributed by atoms with van der Waals surface area (Å²) in [7, 11) is 0. The van der Waals surface area contributed by atoms with Gasteiger partial charge >= 0.3 is 5.97 Å². The van der Waals surface area contributed by atoms with Gasteiger partial charge in [0, 0.05) is 0 Å². The minimum atomic E-state index is -0.234. The van der Waals surface area contributed by atoms with E-state index in [2.05, 4.69) is 26.0 Å². The maximum Gasteiger partial charge on any atom is 0.315 e. The molecular weight excluding hydrogens is 296 g/mol. The van der Waals surface area contributed by atoms with E-state index in [1.807, 2.05) is 54.6 Å². The highest BCUT2D eigenvalue weighted by atomic mass is 16.5. The number of hydrogen-bond donors (Lipinski definition) is 0. The summed E-state index contributed by atoms with van der Waals surface area (Å²) in [4.78, 5) is 12.3. The smallest absolute Gasteiger partial charge is 0.315 e. The summed E-state index contributed by atoms with van der Waals surface area (Å²) in [5, 5.41) is 2.24. The Morgan fingerprint density at radius 1 is 0.958 bits per heavy atom. The minimum Gasteiger partial charge on any atom is -0.426 e. The molecule has 0 amide bonds. The Morgan fingerprint density at radius 2 is 1.67 bits per heavy atom. The van der Waals surface area contributed by atoms with Crippen LogP contribution in [0.15, 0.2) is 66.7 Å². The normalized spacial score (nSPS) is 12.1. The Hall–Kier alpha value is -2.61. The van der Waals surface area contributed by atoms with Gasteiger partial charge in [-0.05, 0) is 46.4 Å². The van der Waals surface area contributed by atoms with Crippen molar-refractivity contribution in [3.05, 3.63) is 77.9 Å². The van der Waals surface area contributed by atoms with Gasteiger partial charge in [-0.2, -0.15) is 0 Å². The fraction of sp³-hybridized carbons (Fsp3) is 0.227. The molecule has 0 aliphatic heterocycles. The average Bonchev–Trinajstić information content (AvgIpc) is 2.62. The first-order chi connectivity index (χ1) is 11.7. The van der Waals surface area contributed by atoms with Crippen LogP contribution in [0.25, 0.3) is 10.8 Å². The Morgan fingerprint density at radius 3 is 2.42 bits per heavy atom. The Balaban J connectivity index is 1.71. The van der Waals surface area contributed by atoms with Crippen molar-refractivity contribution in [1.82, 2.24) is 0 Å². The van der Waals surface area contributed by atoms with Crippen LogP contribution in [0.4, 0.5) is 0 Å². The molecule has 24 heavy (non-hydrogen) atoms. The van der Waals surface area contributed by atoms with Gasteiger partial charge in [-0.1, -0.05) is 68.4 Å². The first kappa shape index (κ1) is 16.3. The van der Waals surface area contributed by atoms with Crippen LogP contribution in [0, 0.1) is 0 Å². The van der Waals surface area contributed by atoms with E-state index in [0.717, 1.165) is 22.8 Å². The first-order valence-electron chi connectivity index (χ1n) is 8.44. The molecule has 3 aromatic carbocycles. The van der Waals surface area contributed by atoms with E-state index in [1.165, 1.54) is 5.56 Å². The van der Waals surface area contributed by atoms with Crippen molar-refractivity contribution in [1.29, 1.82) is 0 Å². The van der Waals surface area contributed by atoms with Crippen molar-refractivity contribution in [3.8, 4) is 5.75 Å². The molecule has 0 aliphatic carbocycles. The van der Waals surface area contributed by atoms with Gasteiger partial charge in [0.1, 0.15) is 5.75 Å². The van der Waals surface area contributed by atoms with Gasteiger partial charge in [0.15, 0.2) is 0 Å². The number of rotatable bonds is 5. The molecule has 0 saturated heterocycles. The minimum absolute atomic E-state index is 0.234. The van der Waals surface area contributed by atoms with E-state index < -0.39 is 0 Å². The lowest BCUT2D eigenvalue weighted by atomic mass is 9.99. The molecular formula is C22H22O2. The number of ether oxygens (including phenoxy) is 1. The van der Waals surface area contributed by atoms with Gasteiger partial charge in [-0.3, -0.25) is 4.79 Å². The molecule has 0 saturated carbocycles. The summed E-state index contributed by atoms with van der Waals surface area (Å²) in [5.74, 6) is 0.889. The van der Waals surface area contributed by atoms with Gasteiger partial charge in [0.05, 0.1) is 6.42 Å². The SMILES string of the molecule is CCC(C)c1ccc(OC(=O)Cc2cccc3ccccc23)cc1. The highest BCUT2D eigenvalue weighted by molar-refractivity contribution is 5.89. The standard InChI is InChI=1S/C22H22O2/c1-3-16(2)17-11-13-20(14-12-17)24-22(23)15-19-9-6-8-18-7-4-5-10-21(18)19/h4-14,16H,3,15H2,1-2H3. The Bertz CT molecular complexity index is 829. The van der Waals surface area contributed by atoms with Crippen LogP contribution in [-0.4, -0.2) is 5.97 Å². The molecule has 0 spiro atoms. The summed E-state index contributed by atoms with van der Waals surface area (Å²) in [6.45, 7) is 4.37. The van der Waals surface area contributed by atoms with E-state index in [4.69, 9.17) is 4.74 Å². The molecule has 0 aliphatic rings. The van der Waals surface area contributed by atoms with Crippen LogP contribution in [0.2, 0.25) is 0 Å². The molecule has 0 aromatic heterocycles. The van der Waals surface area contributed by atoms with Gasteiger partial charge in [0.25, 0.3) is 0 Å². The number of esters is 1. The summed E-state index contributed by atoms with van der Waals surface area (Å²) >= 11 is 0. The summed E-state index contributed by atoms with van der Waals surface area (Å²) in [6, 6.07) is 21.9. The molecule has 3 aromatic rings. The lowest BCUT2D eigenvalue weighted by Gasteiger charge is -2.10. The second-order valence-corrected chi connectivity index (χ2v) is 6.17. The lowest BCUT2D eigenvalue weighted by Crippen LogP contribution is -2.11. The Labute approximate surface area is 143 Å². The number of carbonyl (C=O) groups is 1. The van der Waals surface area contributed by atoms with E-state index in [9.17, 15) is 4.79 Å². The molecule has 2 nitrogen and oxygen atoms in total. The topological polar surface area (TPSA) is 26.3 Å². The average molecular weight is 318 g/mol. The largest absolute Gasteiger partial charge is 0.426 e. The molecule has 122 valence electrons. The van der Waals surface area contributed by atoms with E-state index in [0.29, 0.717) is 11.7 Å². The second kappa shape index (κ2) is 7.31. The fourth-order valence-corrected chi connectivity index (χ4v) is 2.87. The molecule has 3 rings (SSSR count). The van der Waals surface area contributed by atoms with Gasteiger partial charge in [-0.15, -0.1) is 0 Å². The van der Waals surface area contributed by atoms with Crippen LogP contribution in [0.5, 0.6) is 5.75 Å². The van der Waals surface area contributed by atoms with Crippen molar-refractivity contribution >= 4 is 16.7 Å². The zero-order chi connectivity index (χ0) is 16.9. The van der Waals surface area contributed by atoms with Gasteiger partial charge in [-0.25, -0.2) is 0 Å². The summed E-state index contributed by atoms with van der Waals surface area (Å²) in [6.07, 6.45) is 1.37. The van der Waals surface area contributed by atoms with E-state index >= 15 is 0 Å². The fourth-order valence-electron chi connectivity index (χ4n) is 2.87.